The number of halogens is 1. The number of ketones is 1. The minimum Gasteiger partial charge on any atom is -0.491 e. The van der Waals surface area contributed by atoms with Crippen molar-refractivity contribution in [2.24, 2.45) is 11.1 Å². The number of nitrogens with two attached hydrogens (primary N) is 1. The van der Waals surface area contributed by atoms with Gasteiger partial charge in [0.15, 0.2) is 11.6 Å². The molecule has 0 unspecified atom stereocenters. The number of anilines is 1. The van der Waals surface area contributed by atoms with Crippen molar-refractivity contribution in [1.29, 1.82) is 0 Å². The van der Waals surface area contributed by atoms with Crippen LogP contribution in [-0.2, 0) is 4.79 Å². The Labute approximate surface area is 211 Å². The van der Waals surface area contributed by atoms with Crippen molar-refractivity contribution in [2.75, 3.05) is 31.2 Å². The molecule has 9 heteroatoms. The average Bonchev–Trinajstić information content (AvgIpc) is 2.77. The van der Waals surface area contributed by atoms with Crippen LogP contribution in [0.1, 0.15) is 51.8 Å². The zero-order valence-electron chi connectivity index (χ0n) is 21.1. The molecule has 1 aromatic carbocycles. The first-order valence-electron chi connectivity index (χ1n) is 11.8. The maximum atomic E-state index is 12.5. The lowest BCUT2D eigenvalue weighted by atomic mass is 9.82. The van der Waals surface area contributed by atoms with Gasteiger partial charge in [0.1, 0.15) is 18.2 Å². The summed E-state index contributed by atoms with van der Waals surface area (Å²) in [5.74, 6) is 1.33. The lowest BCUT2D eigenvalue weighted by Gasteiger charge is -2.48. The van der Waals surface area contributed by atoms with Crippen molar-refractivity contribution in [3.8, 4) is 17.1 Å². The number of allylic oxidation sites excluding steroid dienone is 2. The number of aromatic nitrogens is 2. The first-order valence-corrected chi connectivity index (χ1v) is 12.2. The molecule has 190 valence electrons. The van der Waals surface area contributed by atoms with Gasteiger partial charge in [-0.05, 0) is 45.4 Å². The Morgan fingerprint density at radius 3 is 2.57 bits per heavy atom. The molecule has 0 aliphatic carbocycles. The number of benzene rings is 1. The molecule has 1 aromatic heterocycles. The maximum Gasteiger partial charge on any atom is 0.163 e. The van der Waals surface area contributed by atoms with Crippen molar-refractivity contribution in [1.82, 2.24) is 9.97 Å². The fraction of sp³-hybridized carbons (Fsp3) is 0.500. The van der Waals surface area contributed by atoms with E-state index in [2.05, 4.69) is 4.90 Å². The second-order valence-corrected chi connectivity index (χ2v) is 10.1. The van der Waals surface area contributed by atoms with Gasteiger partial charge in [-0.25, -0.2) is 9.97 Å². The molecular formula is C26H35ClN4O4. The summed E-state index contributed by atoms with van der Waals surface area (Å²) in [6.45, 7) is 10.5. The molecule has 8 nitrogen and oxygen atoms in total. The fourth-order valence-corrected chi connectivity index (χ4v) is 4.51. The largest absolute Gasteiger partial charge is 0.491 e. The lowest BCUT2D eigenvalue weighted by Crippen LogP contribution is -2.57. The number of hydrogen-bond donors (Lipinski definition) is 3. The topological polar surface area (TPSA) is 122 Å². The molecule has 0 radical (unpaired) electrons. The minimum atomic E-state index is -0.559. The van der Waals surface area contributed by atoms with Gasteiger partial charge in [-0.1, -0.05) is 31.9 Å². The number of Topliss-reactive ketones (excluding diaryl/α,β-unsaturated/α-hetero) is 1. The summed E-state index contributed by atoms with van der Waals surface area (Å²) >= 11 is 6.55. The van der Waals surface area contributed by atoms with Crippen molar-refractivity contribution < 1.29 is 19.7 Å². The first kappa shape index (κ1) is 26.9. The van der Waals surface area contributed by atoms with Gasteiger partial charge in [0.05, 0.1) is 29.0 Å². The molecule has 0 bridgehead atoms. The molecule has 1 aliphatic heterocycles. The van der Waals surface area contributed by atoms with Gasteiger partial charge in [0.2, 0.25) is 0 Å². The molecule has 1 aliphatic rings. The van der Waals surface area contributed by atoms with Crippen LogP contribution < -0.4 is 15.4 Å². The van der Waals surface area contributed by atoms with Crippen LogP contribution in [0.5, 0.6) is 5.75 Å². The standard InChI is InChI=1S/C26H35ClN4O4/c1-6-7-18(34)11-35-19-8-9-21(27)20(10-19)24-29-23(22(16(3)28)17(4)33)15(2)25(30-24)31-12-26(5,13-31)14-32/h8-10,18,32,34H,6-7,11-14,28H2,1-5H3/t18-/m1/s1. The van der Waals surface area contributed by atoms with E-state index in [1.807, 2.05) is 20.8 Å². The Kier molecular flexibility index (Phi) is 8.41. The average molecular weight is 503 g/mol. The summed E-state index contributed by atoms with van der Waals surface area (Å²) in [5.41, 5.74) is 8.31. The SMILES string of the molecule is CCC[C@@H](O)COc1ccc(Cl)c(-c2nc(C(C(C)=O)=C(C)N)c(C)c(N3CC(C)(CO)C3)n2)c1. The molecule has 1 saturated heterocycles. The normalized spacial score (nSPS) is 16.4. The number of hydrogen-bond acceptors (Lipinski definition) is 8. The number of carbonyl (C=O) groups is 1. The number of ether oxygens (including phenoxy) is 1. The summed E-state index contributed by atoms with van der Waals surface area (Å²) in [5, 5.41) is 20.2. The van der Waals surface area contributed by atoms with Crippen LogP contribution in [0.25, 0.3) is 17.0 Å². The van der Waals surface area contributed by atoms with Crippen LogP contribution in [0.3, 0.4) is 0 Å². The maximum absolute atomic E-state index is 12.5. The van der Waals surface area contributed by atoms with Gasteiger partial charge in [-0.15, -0.1) is 0 Å². The van der Waals surface area contributed by atoms with E-state index in [1.165, 1.54) is 6.92 Å². The van der Waals surface area contributed by atoms with E-state index in [1.54, 1.807) is 25.1 Å². The zero-order valence-corrected chi connectivity index (χ0v) is 21.8. The van der Waals surface area contributed by atoms with Crippen molar-refractivity contribution in [3.63, 3.8) is 0 Å². The highest BCUT2D eigenvalue weighted by Gasteiger charge is 2.40. The molecule has 1 atom stereocenters. The van der Waals surface area contributed by atoms with Crippen LogP contribution in [-0.4, -0.2) is 58.4 Å². The predicted octanol–water partition coefficient (Wildman–Crippen LogP) is 3.74. The highest BCUT2D eigenvalue weighted by atomic mass is 35.5. The van der Waals surface area contributed by atoms with Gasteiger partial charge in [-0.3, -0.25) is 4.79 Å². The van der Waals surface area contributed by atoms with Gasteiger partial charge in [0.25, 0.3) is 0 Å². The molecule has 2 heterocycles. The number of aliphatic hydroxyl groups is 2. The first-order chi connectivity index (χ1) is 16.5. The van der Waals surface area contributed by atoms with E-state index in [0.717, 1.165) is 12.0 Å². The van der Waals surface area contributed by atoms with Crippen molar-refractivity contribution in [2.45, 2.75) is 53.6 Å². The van der Waals surface area contributed by atoms with E-state index in [9.17, 15) is 15.0 Å². The number of carbonyl (C=O) groups excluding carboxylic acids is 1. The highest BCUT2D eigenvalue weighted by molar-refractivity contribution is 6.33. The third-order valence-electron chi connectivity index (χ3n) is 6.17. The molecule has 1 fully saturated rings. The molecule has 3 rings (SSSR count). The number of nitrogens with zero attached hydrogens (tertiary/aromatic N) is 3. The minimum absolute atomic E-state index is 0.0724. The van der Waals surface area contributed by atoms with Gasteiger partial charge < -0.3 is 25.6 Å². The highest BCUT2D eigenvalue weighted by Crippen LogP contribution is 2.39. The summed E-state index contributed by atoms with van der Waals surface area (Å²) in [4.78, 5) is 24.1. The van der Waals surface area contributed by atoms with Crippen LogP contribution in [0.2, 0.25) is 5.02 Å². The van der Waals surface area contributed by atoms with Crippen LogP contribution >= 0.6 is 11.6 Å². The summed E-state index contributed by atoms with van der Waals surface area (Å²) in [6.07, 6.45) is 0.948. The Balaban J connectivity index is 2.11. The van der Waals surface area contributed by atoms with Crippen LogP contribution in [0.4, 0.5) is 5.82 Å². The van der Waals surface area contributed by atoms with Crippen molar-refractivity contribution >= 4 is 28.8 Å². The summed E-state index contributed by atoms with van der Waals surface area (Å²) in [7, 11) is 0. The summed E-state index contributed by atoms with van der Waals surface area (Å²) < 4.78 is 5.78. The van der Waals surface area contributed by atoms with Crippen molar-refractivity contribution in [3.05, 3.63) is 40.2 Å². The molecule has 0 saturated carbocycles. The molecule has 2 aromatic rings. The zero-order chi connectivity index (χ0) is 25.9. The Morgan fingerprint density at radius 2 is 2.00 bits per heavy atom. The predicted molar refractivity (Wildman–Crippen MR) is 138 cm³/mol. The fourth-order valence-electron chi connectivity index (χ4n) is 4.31. The monoisotopic (exact) mass is 502 g/mol. The Morgan fingerprint density at radius 1 is 1.31 bits per heavy atom. The lowest BCUT2D eigenvalue weighted by molar-refractivity contribution is -0.111. The van der Waals surface area contributed by atoms with E-state index in [4.69, 9.17) is 32.0 Å². The third kappa shape index (κ3) is 5.94. The second kappa shape index (κ2) is 10.9. The third-order valence-corrected chi connectivity index (χ3v) is 6.50. The molecule has 4 N–H and O–H groups in total. The molecule has 0 amide bonds. The van der Waals surface area contributed by atoms with Gasteiger partial charge in [-0.2, -0.15) is 0 Å². The quantitative estimate of drug-likeness (QED) is 0.420. The Bertz CT molecular complexity index is 1120. The van der Waals surface area contributed by atoms with Gasteiger partial charge in [0, 0.05) is 35.3 Å². The van der Waals surface area contributed by atoms with Gasteiger partial charge >= 0.3 is 0 Å². The van der Waals surface area contributed by atoms with E-state index >= 15 is 0 Å². The molecular weight excluding hydrogens is 468 g/mol. The smallest absolute Gasteiger partial charge is 0.163 e. The molecule has 35 heavy (non-hydrogen) atoms. The summed E-state index contributed by atoms with van der Waals surface area (Å²) in [6, 6.07) is 5.16. The number of aliphatic hydroxyl groups excluding tert-OH is 2. The number of rotatable bonds is 10. The van der Waals surface area contributed by atoms with E-state index < -0.39 is 6.10 Å². The second-order valence-electron chi connectivity index (χ2n) is 9.68. The van der Waals surface area contributed by atoms with E-state index in [0.29, 0.717) is 64.5 Å². The van der Waals surface area contributed by atoms with Crippen LogP contribution in [0, 0.1) is 12.3 Å². The Hall–Kier alpha value is -2.68. The van der Waals surface area contributed by atoms with Crippen LogP contribution in [0.15, 0.2) is 23.9 Å². The molecule has 0 spiro atoms. The van der Waals surface area contributed by atoms with E-state index in [-0.39, 0.29) is 24.4 Å².